The van der Waals surface area contributed by atoms with Gasteiger partial charge in [-0.15, -0.1) is 0 Å². The summed E-state index contributed by atoms with van der Waals surface area (Å²) in [6.07, 6.45) is 2.26. The molecule has 0 radical (unpaired) electrons. The van der Waals surface area contributed by atoms with Crippen molar-refractivity contribution in [1.29, 1.82) is 0 Å². The summed E-state index contributed by atoms with van der Waals surface area (Å²) in [7, 11) is 0. The Balaban J connectivity index is 1.78. The normalized spacial score (nSPS) is 23.0. The van der Waals surface area contributed by atoms with Gasteiger partial charge in [-0.25, -0.2) is 4.98 Å². The topological polar surface area (TPSA) is 69.2 Å². The predicted molar refractivity (Wildman–Crippen MR) is 59.5 cm³/mol. The van der Waals surface area contributed by atoms with Crippen LogP contribution in [0.1, 0.15) is 18.7 Å². The minimum atomic E-state index is -0.530. The van der Waals surface area contributed by atoms with E-state index in [9.17, 15) is 9.90 Å². The largest absolute Gasteiger partial charge is 0.386 e. The van der Waals surface area contributed by atoms with Gasteiger partial charge in [0, 0.05) is 6.07 Å². The van der Waals surface area contributed by atoms with E-state index in [1.807, 2.05) is 4.90 Å². The second kappa shape index (κ2) is 3.07. The number of nitrogens with zero attached hydrogens (tertiary/aromatic N) is 2. The second-order valence-corrected chi connectivity index (χ2v) is 4.92. The number of aliphatic hydroxyl groups is 1. The molecule has 0 unspecified atom stereocenters. The Hall–Kier alpha value is -1.36. The van der Waals surface area contributed by atoms with E-state index in [1.165, 1.54) is 6.07 Å². The van der Waals surface area contributed by atoms with Crippen LogP contribution in [0.2, 0.25) is 0 Å². The van der Waals surface area contributed by atoms with Crippen molar-refractivity contribution in [3.05, 3.63) is 22.2 Å². The predicted octanol–water partition coefficient (Wildman–Crippen LogP) is 0.0394. The molecule has 5 nitrogen and oxygen atoms in total. The number of hydrogen-bond acceptors (Lipinski definition) is 4. The molecule has 3 rings (SSSR count). The maximum absolute atomic E-state index is 11.3. The molecule has 1 aromatic heterocycles. The number of aromatic amines is 1. The number of aryl methyl sites for hydroxylation is 1. The van der Waals surface area contributed by atoms with Crippen molar-refractivity contribution in [1.82, 2.24) is 9.97 Å². The van der Waals surface area contributed by atoms with Gasteiger partial charge in [-0.1, -0.05) is 0 Å². The Kier molecular flexibility index (Phi) is 1.89. The molecule has 2 N–H and O–H groups in total. The van der Waals surface area contributed by atoms with Crippen LogP contribution in [-0.2, 0) is 0 Å². The summed E-state index contributed by atoms with van der Waals surface area (Å²) in [6.45, 7) is 2.97. The average Bonchev–Trinajstić information content (AvgIpc) is 2.94. The highest BCUT2D eigenvalue weighted by molar-refractivity contribution is 5.43. The third-order valence-corrected chi connectivity index (χ3v) is 3.44. The lowest BCUT2D eigenvalue weighted by atomic mass is 9.89. The molecule has 0 amide bonds. The molecule has 1 aromatic rings. The fourth-order valence-corrected chi connectivity index (χ4v) is 2.38. The molecule has 86 valence electrons. The van der Waals surface area contributed by atoms with Crippen molar-refractivity contribution in [2.75, 3.05) is 18.0 Å². The lowest BCUT2D eigenvalue weighted by Crippen LogP contribution is -2.63. The van der Waals surface area contributed by atoms with Crippen molar-refractivity contribution in [2.45, 2.75) is 25.4 Å². The van der Waals surface area contributed by atoms with Gasteiger partial charge in [-0.05, 0) is 25.7 Å². The zero-order valence-electron chi connectivity index (χ0n) is 9.23. The number of nitrogens with one attached hydrogen (secondary N) is 1. The standard InChI is InChI=1S/C11H15N3O2/c1-7-12-9(4-10(15)13-7)14-5-11(16,6-14)8-2-3-8/h4,8,16H,2-3,5-6H2,1H3,(H,12,13,15). The third kappa shape index (κ3) is 1.51. The fourth-order valence-electron chi connectivity index (χ4n) is 2.38. The summed E-state index contributed by atoms with van der Waals surface area (Å²) < 4.78 is 0. The van der Waals surface area contributed by atoms with Crippen LogP contribution in [0.4, 0.5) is 5.82 Å². The first-order valence-corrected chi connectivity index (χ1v) is 5.62. The van der Waals surface area contributed by atoms with Crippen LogP contribution < -0.4 is 10.5 Å². The van der Waals surface area contributed by atoms with Gasteiger partial charge in [0.2, 0.25) is 0 Å². The minimum Gasteiger partial charge on any atom is -0.386 e. The summed E-state index contributed by atoms with van der Waals surface area (Å²) in [6, 6.07) is 1.49. The van der Waals surface area contributed by atoms with Crippen molar-refractivity contribution in [3.63, 3.8) is 0 Å². The molecule has 1 aliphatic carbocycles. The van der Waals surface area contributed by atoms with Crippen molar-refractivity contribution >= 4 is 5.82 Å². The van der Waals surface area contributed by atoms with E-state index in [-0.39, 0.29) is 5.56 Å². The highest BCUT2D eigenvalue weighted by atomic mass is 16.3. The van der Waals surface area contributed by atoms with Gasteiger partial charge in [-0.3, -0.25) is 4.79 Å². The molecule has 1 aliphatic heterocycles. The van der Waals surface area contributed by atoms with Crippen LogP contribution in [0.15, 0.2) is 10.9 Å². The molecule has 0 atom stereocenters. The zero-order valence-corrected chi connectivity index (χ0v) is 9.23. The van der Waals surface area contributed by atoms with E-state index in [4.69, 9.17) is 0 Å². The number of H-pyrrole nitrogens is 1. The Morgan fingerprint density at radius 2 is 2.25 bits per heavy atom. The number of β-amino-alcohol motifs (C(OH)–C–C–N with tert-alkyl or cyclic N) is 1. The van der Waals surface area contributed by atoms with Gasteiger partial charge in [0.15, 0.2) is 0 Å². The van der Waals surface area contributed by atoms with Gasteiger partial charge in [0.1, 0.15) is 17.2 Å². The Morgan fingerprint density at radius 3 is 2.81 bits per heavy atom. The maximum atomic E-state index is 11.3. The van der Waals surface area contributed by atoms with Gasteiger partial charge < -0.3 is 15.0 Å². The van der Waals surface area contributed by atoms with Crippen LogP contribution >= 0.6 is 0 Å². The lowest BCUT2D eigenvalue weighted by Gasteiger charge is -2.47. The average molecular weight is 221 g/mol. The first-order valence-electron chi connectivity index (χ1n) is 5.62. The molecule has 5 heteroatoms. The van der Waals surface area contributed by atoms with Crippen molar-refractivity contribution in [3.8, 4) is 0 Å². The summed E-state index contributed by atoms with van der Waals surface area (Å²) in [5.74, 6) is 1.75. The number of anilines is 1. The van der Waals surface area contributed by atoms with Gasteiger partial charge >= 0.3 is 0 Å². The maximum Gasteiger partial charge on any atom is 0.252 e. The van der Waals surface area contributed by atoms with E-state index in [0.29, 0.717) is 30.6 Å². The fraction of sp³-hybridized carbons (Fsp3) is 0.636. The molecule has 1 saturated heterocycles. The number of hydrogen-bond donors (Lipinski definition) is 2. The van der Waals surface area contributed by atoms with Crippen LogP contribution in [0.25, 0.3) is 0 Å². The molecular formula is C11H15N3O2. The highest BCUT2D eigenvalue weighted by Gasteiger charge is 2.52. The van der Waals surface area contributed by atoms with E-state index in [1.54, 1.807) is 6.92 Å². The zero-order chi connectivity index (χ0) is 11.3. The summed E-state index contributed by atoms with van der Waals surface area (Å²) >= 11 is 0. The third-order valence-electron chi connectivity index (χ3n) is 3.44. The lowest BCUT2D eigenvalue weighted by molar-refractivity contribution is -0.00978. The summed E-state index contributed by atoms with van der Waals surface area (Å²) in [5.41, 5.74) is -0.664. The van der Waals surface area contributed by atoms with E-state index >= 15 is 0 Å². The van der Waals surface area contributed by atoms with Crippen molar-refractivity contribution in [2.24, 2.45) is 5.92 Å². The minimum absolute atomic E-state index is 0.135. The first kappa shape index (κ1) is 9.84. The van der Waals surface area contributed by atoms with E-state index in [2.05, 4.69) is 9.97 Å². The summed E-state index contributed by atoms with van der Waals surface area (Å²) in [4.78, 5) is 20.1. The van der Waals surface area contributed by atoms with Gasteiger partial charge in [0.25, 0.3) is 5.56 Å². The Morgan fingerprint density at radius 1 is 1.56 bits per heavy atom. The van der Waals surface area contributed by atoms with Crippen LogP contribution in [-0.4, -0.2) is 33.8 Å². The quantitative estimate of drug-likeness (QED) is 0.739. The van der Waals surface area contributed by atoms with Gasteiger partial charge in [-0.2, -0.15) is 0 Å². The molecule has 0 spiro atoms. The SMILES string of the molecule is Cc1nc(N2CC(O)(C3CC3)C2)cc(=O)[nH]1. The number of aromatic nitrogens is 2. The smallest absolute Gasteiger partial charge is 0.252 e. The molecule has 2 fully saturated rings. The van der Waals surface area contributed by atoms with Gasteiger partial charge in [0.05, 0.1) is 13.1 Å². The molecule has 1 saturated carbocycles. The molecule has 0 bridgehead atoms. The molecule has 16 heavy (non-hydrogen) atoms. The van der Waals surface area contributed by atoms with Crippen LogP contribution in [0.5, 0.6) is 0 Å². The molecule has 2 heterocycles. The van der Waals surface area contributed by atoms with E-state index < -0.39 is 5.60 Å². The second-order valence-electron chi connectivity index (χ2n) is 4.92. The van der Waals surface area contributed by atoms with Crippen molar-refractivity contribution < 1.29 is 5.11 Å². The molecule has 2 aliphatic rings. The number of rotatable bonds is 2. The molecule has 0 aromatic carbocycles. The Bertz CT molecular complexity index is 472. The molecular weight excluding hydrogens is 206 g/mol. The van der Waals surface area contributed by atoms with E-state index in [0.717, 1.165) is 12.8 Å². The van der Waals surface area contributed by atoms with Crippen LogP contribution in [0, 0.1) is 12.8 Å². The highest BCUT2D eigenvalue weighted by Crippen LogP contribution is 2.45. The monoisotopic (exact) mass is 221 g/mol. The van der Waals surface area contributed by atoms with Crippen LogP contribution in [0.3, 0.4) is 0 Å². The first-order chi connectivity index (χ1) is 7.57. The summed E-state index contributed by atoms with van der Waals surface area (Å²) in [5, 5.41) is 10.2. The Labute approximate surface area is 93.1 Å².